The summed E-state index contributed by atoms with van der Waals surface area (Å²) in [6.07, 6.45) is 10.4. The fourth-order valence-corrected chi connectivity index (χ4v) is 4.09. The lowest BCUT2D eigenvalue weighted by molar-refractivity contribution is 0.170. The number of hydrogen-bond donors (Lipinski definition) is 1. The molecule has 0 aromatic carbocycles. The van der Waals surface area contributed by atoms with Gasteiger partial charge in [-0.25, -0.2) is 0 Å². The lowest BCUT2D eigenvalue weighted by Gasteiger charge is -2.29. The van der Waals surface area contributed by atoms with Crippen LogP contribution in [0.1, 0.15) is 63.7 Å². The summed E-state index contributed by atoms with van der Waals surface area (Å²) in [5.74, 6) is 2.12. The van der Waals surface area contributed by atoms with Crippen LogP contribution < -0.4 is 5.32 Å². The van der Waals surface area contributed by atoms with E-state index in [1.807, 2.05) is 6.26 Å². The molecule has 1 aromatic rings. The molecule has 1 saturated heterocycles. The van der Waals surface area contributed by atoms with Crippen molar-refractivity contribution in [3.8, 4) is 0 Å². The van der Waals surface area contributed by atoms with Gasteiger partial charge in [-0.3, -0.25) is 4.90 Å². The Kier molecular flexibility index (Phi) is 5.02. The predicted molar refractivity (Wildman–Crippen MR) is 86.1 cm³/mol. The number of nitrogens with one attached hydrogen (secondary N) is 1. The first kappa shape index (κ1) is 15.1. The first-order valence-electron chi connectivity index (χ1n) is 8.76. The maximum absolute atomic E-state index is 5.79. The van der Waals surface area contributed by atoms with Gasteiger partial charge in [0.05, 0.1) is 12.8 Å². The van der Waals surface area contributed by atoms with Gasteiger partial charge in [0, 0.05) is 24.2 Å². The third-order valence-electron chi connectivity index (χ3n) is 5.24. The second-order valence-corrected chi connectivity index (χ2v) is 7.13. The quantitative estimate of drug-likeness (QED) is 0.860. The molecule has 1 saturated carbocycles. The molecule has 1 aliphatic carbocycles. The number of rotatable bonds is 6. The number of furan rings is 1. The molecule has 0 spiro atoms. The summed E-state index contributed by atoms with van der Waals surface area (Å²) in [6.45, 7) is 7.56. The van der Waals surface area contributed by atoms with E-state index in [-0.39, 0.29) is 0 Å². The lowest BCUT2D eigenvalue weighted by atomic mass is 9.96. The van der Waals surface area contributed by atoms with Gasteiger partial charge in [0.25, 0.3) is 0 Å². The number of nitrogens with zero attached hydrogens (tertiary/aromatic N) is 1. The topological polar surface area (TPSA) is 28.4 Å². The van der Waals surface area contributed by atoms with E-state index in [0.717, 1.165) is 25.0 Å². The van der Waals surface area contributed by atoms with Crippen molar-refractivity contribution in [1.82, 2.24) is 10.2 Å². The minimum absolute atomic E-state index is 0.519. The van der Waals surface area contributed by atoms with Crippen molar-refractivity contribution in [2.45, 2.75) is 77.5 Å². The van der Waals surface area contributed by atoms with Crippen molar-refractivity contribution in [3.63, 3.8) is 0 Å². The minimum Gasteiger partial charge on any atom is -0.468 e. The maximum atomic E-state index is 5.79. The van der Waals surface area contributed by atoms with Crippen LogP contribution in [0.3, 0.4) is 0 Å². The average molecular weight is 290 g/mol. The second kappa shape index (κ2) is 6.97. The van der Waals surface area contributed by atoms with Crippen LogP contribution >= 0.6 is 0 Å². The Morgan fingerprint density at radius 1 is 1.24 bits per heavy atom. The summed E-state index contributed by atoms with van der Waals surface area (Å²) in [5.41, 5.74) is 1.33. The van der Waals surface area contributed by atoms with Crippen LogP contribution in [0.15, 0.2) is 16.7 Å². The third-order valence-corrected chi connectivity index (χ3v) is 5.24. The lowest BCUT2D eigenvalue weighted by Crippen LogP contribution is -2.34. The molecule has 2 heterocycles. The predicted octanol–water partition coefficient (Wildman–Crippen LogP) is 3.93. The molecule has 1 aromatic heterocycles. The Morgan fingerprint density at radius 3 is 2.81 bits per heavy atom. The zero-order valence-corrected chi connectivity index (χ0v) is 13.6. The monoisotopic (exact) mass is 290 g/mol. The molecule has 0 bridgehead atoms. The van der Waals surface area contributed by atoms with Crippen molar-refractivity contribution in [3.05, 3.63) is 23.7 Å². The molecule has 21 heavy (non-hydrogen) atoms. The van der Waals surface area contributed by atoms with E-state index in [1.165, 1.54) is 56.4 Å². The van der Waals surface area contributed by atoms with Crippen molar-refractivity contribution in [1.29, 1.82) is 0 Å². The Balaban J connectivity index is 1.61. The normalized spacial score (nSPS) is 24.4. The number of likely N-dealkylation sites (tertiary alicyclic amines) is 1. The Bertz CT molecular complexity index is 434. The zero-order chi connectivity index (χ0) is 14.7. The van der Waals surface area contributed by atoms with Gasteiger partial charge < -0.3 is 9.73 Å². The van der Waals surface area contributed by atoms with E-state index in [9.17, 15) is 0 Å². The van der Waals surface area contributed by atoms with Crippen LogP contribution in [0.25, 0.3) is 0 Å². The Hall–Kier alpha value is -0.800. The van der Waals surface area contributed by atoms with E-state index in [2.05, 4.69) is 30.1 Å². The smallest absolute Gasteiger partial charge is 0.122 e. The van der Waals surface area contributed by atoms with Gasteiger partial charge in [-0.2, -0.15) is 0 Å². The molecule has 3 rings (SSSR count). The van der Waals surface area contributed by atoms with Crippen molar-refractivity contribution in [2.24, 2.45) is 5.92 Å². The van der Waals surface area contributed by atoms with Gasteiger partial charge in [-0.15, -0.1) is 0 Å². The largest absolute Gasteiger partial charge is 0.468 e. The molecule has 118 valence electrons. The van der Waals surface area contributed by atoms with E-state index < -0.39 is 0 Å². The van der Waals surface area contributed by atoms with Crippen LogP contribution in [0.5, 0.6) is 0 Å². The number of hydrogen-bond acceptors (Lipinski definition) is 3. The van der Waals surface area contributed by atoms with Gasteiger partial charge in [0.2, 0.25) is 0 Å². The van der Waals surface area contributed by atoms with Gasteiger partial charge >= 0.3 is 0 Å². The molecule has 2 fully saturated rings. The minimum atomic E-state index is 0.519. The first-order valence-corrected chi connectivity index (χ1v) is 8.76. The van der Waals surface area contributed by atoms with Gasteiger partial charge in [-0.05, 0) is 44.2 Å². The standard InChI is InChI=1S/C18H30N2O/c1-14(2)19-12-16-9-11-21-18(16)13-20-10-5-8-17(20)15-6-3-4-7-15/h9,11,14-15,17,19H,3-8,10,12-13H2,1-2H3. The average Bonchev–Trinajstić information content (AvgIpc) is 3.18. The van der Waals surface area contributed by atoms with E-state index >= 15 is 0 Å². The van der Waals surface area contributed by atoms with Gasteiger partial charge in [0.15, 0.2) is 0 Å². The van der Waals surface area contributed by atoms with Crippen molar-refractivity contribution < 1.29 is 4.42 Å². The van der Waals surface area contributed by atoms with Crippen LogP contribution in [-0.4, -0.2) is 23.5 Å². The molecule has 3 nitrogen and oxygen atoms in total. The molecule has 0 radical (unpaired) electrons. The summed E-state index contributed by atoms with van der Waals surface area (Å²) in [4.78, 5) is 2.69. The summed E-state index contributed by atoms with van der Waals surface area (Å²) in [6, 6.07) is 3.46. The molecule has 3 heteroatoms. The summed E-state index contributed by atoms with van der Waals surface area (Å²) in [7, 11) is 0. The first-order chi connectivity index (χ1) is 10.2. The van der Waals surface area contributed by atoms with E-state index in [1.54, 1.807) is 0 Å². The molecule has 0 amide bonds. The molecule has 1 atom stereocenters. The summed E-state index contributed by atoms with van der Waals surface area (Å²) >= 11 is 0. The Morgan fingerprint density at radius 2 is 2.05 bits per heavy atom. The van der Waals surface area contributed by atoms with E-state index in [0.29, 0.717) is 6.04 Å². The highest BCUT2D eigenvalue weighted by molar-refractivity contribution is 5.17. The van der Waals surface area contributed by atoms with Crippen LogP contribution in [0, 0.1) is 5.92 Å². The molecule has 1 aliphatic heterocycles. The van der Waals surface area contributed by atoms with Crippen LogP contribution in [0.2, 0.25) is 0 Å². The maximum Gasteiger partial charge on any atom is 0.122 e. The SMILES string of the molecule is CC(C)NCc1ccoc1CN1CCCC1C1CCCC1. The van der Waals surface area contributed by atoms with Crippen LogP contribution in [0.4, 0.5) is 0 Å². The molecular weight excluding hydrogens is 260 g/mol. The molecule has 1 N–H and O–H groups in total. The van der Waals surface area contributed by atoms with Crippen LogP contribution in [-0.2, 0) is 13.1 Å². The van der Waals surface area contributed by atoms with Crippen molar-refractivity contribution >= 4 is 0 Å². The van der Waals surface area contributed by atoms with Crippen molar-refractivity contribution in [2.75, 3.05) is 6.54 Å². The fraction of sp³-hybridized carbons (Fsp3) is 0.778. The highest BCUT2D eigenvalue weighted by atomic mass is 16.3. The molecular formula is C18H30N2O. The van der Waals surface area contributed by atoms with Gasteiger partial charge in [0.1, 0.15) is 5.76 Å². The van der Waals surface area contributed by atoms with E-state index in [4.69, 9.17) is 4.42 Å². The zero-order valence-electron chi connectivity index (χ0n) is 13.6. The molecule has 2 aliphatic rings. The summed E-state index contributed by atoms with van der Waals surface area (Å²) < 4.78 is 5.79. The highest BCUT2D eigenvalue weighted by Crippen LogP contribution is 2.36. The van der Waals surface area contributed by atoms with Gasteiger partial charge in [-0.1, -0.05) is 26.7 Å². The second-order valence-electron chi connectivity index (χ2n) is 7.13. The fourth-order valence-electron chi connectivity index (χ4n) is 4.09. The third kappa shape index (κ3) is 3.70. The summed E-state index contributed by atoms with van der Waals surface area (Å²) in [5, 5.41) is 3.50. The molecule has 1 unspecified atom stereocenters. The highest BCUT2D eigenvalue weighted by Gasteiger charge is 2.33. The Labute approximate surface area is 129 Å².